The highest BCUT2D eigenvalue weighted by atomic mass is 31.1. The highest BCUT2D eigenvalue weighted by molar-refractivity contribution is 7.41. The van der Waals surface area contributed by atoms with E-state index in [0.717, 1.165) is 0 Å². The van der Waals surface area contributed by atoms with E-state index in [1.54, 1.807) is 0 Å². The Morgan fingerprint density at radius 1 is 0.382 bits per heavy atom. The van der Waals surface area contributed by atoms with Crippen LogP contribution in [-0.2, 0) is 0 Å². The molecule has 2 heteroatoms. The molecule has 0 nitrogen and oxygen atoms in total. The average molecular weight is 466 g/mol. The van der Waals surface area contributed by atoms with E-state index in [0.29, 0.717) is 18.9 Å². The summed E-state index contributed by atoms with van der Waals surface area (Å²) in [6.45, 7) is 14.0. The maximum atomic E-state index is 2.33. The molecule has 0 aliphatic heterocycles. The van der Waals surface area contributed by atoms with Crippen LogP contribution in [0.4, 0.5) is 0 Å². The Labute approximate surface area is 209 Å². The van der Waals surface area contributed by atoms with Gasteiger partial charge in [-0.2, -0.15) is 21.9 Å². The van der Waals surface area contributed by atoms with Gasteiger partial charge < -0.3 is 0 Å². The standard InChI is InChI=1S/C24H20B.C8H19P/c1-5-13-21(14-6-1)25(22-15-7-2-8-16-22,23-17-9-3-10-18-23)24-19-11-4-12-20-24;1-7(2,3)9-8(4,5)6/h1-20H;9H,1-6H3/q-1;/p+1. The zero-order valence-corrected chi connectivity index (χ0v) is 22.9. The quantitative estimate of drug-likeness (QED) is 0.253. The van der Waals surface area contributed by atoms with Crippen molar-refractivity contribution in [2.45, 2.75) is 51.9 Å². The molecule has 0 aliphatic rings. The molecule has 0 heterocycles. The number of hydrogen-bond donors (Lipinski definition) is 0. The van der Waals surface area contributed by atoms with Crippen LogP contribution in [0, 0.1) is 0 Å². The van der Waals surface area contributed by atoms with E-state index in [-0.39, 0.29) is 0 Å². The van der Waals surface area contributed by atoms with Gasteiger partial charge in [0, 0.05) is 0 Å². The van der Waals surface area contributed by atoms with Gasteiger partial charge in [-0.15, -0.1) is 0 Å². The number of benzene rings is 4. The maximum Gasteiger partial charge on any atom is 0.108 e. The van der Waals surface area contributed by atoms with E-state index in [9.17, 15) is 0 Å². The summed E-state index contributed by atoms with van der Waals surface area (Å²) in [6, 6.07) is 43.5. The van der Waals surface area contributed by atoms with E-state index < -0.39 is 6.15 Å². The molecular weight excluding hydrogens is 426 g/mol. The summed E-state index contributed by atoms with van der Waals surface area (Å²) in [5.41, 5.74) is 5.36. The third-order valence-corrected chi connectivity index (χ3v) is 7.80. The molecule has 0 radical (unpaired) electrons. The van der Waals surface area contributed by atoms with Gasteiger partial charge in [0.25, 0.3) is 0 Å². The van der Waals surface area contributed by atoms with Crippen LogP contribution in [0.25, 0.3) is 0 Å². The van der Waals surface area contributed by atoms with Gasteiger partial charge in [-0.25, -0.2) is 0 Å². The van der Waals surface area contributed by atoms with E-state index in [1.165, 1.54) is 21.9 Å². The lowest BCUT2D eigenvalue weighted by atomic mass is 9.13. The maximum absolute atomic E-state index is 2.33. The topological polar surface area (TPSA) is 0 Å². The second kappa shape index (κ2) is 11.2. The minimum Gasteiger partial charge on any atom is -0.195 e. The fourth-order valence-corrected chi connectivity index (χ4v) is 8.02. The minimum atomic E-state index is -1.22. The molecule has 4 aromatic carbocycles. The average Bonchev–Trinajstić information content (AvgIpc) is 2.81. The fourth-order valence-electron chi connectivity index (χ4n) is 5.42. The van der Waals surface area contributed by atoms with Crippen LogP contribution >= 0.6 is 8.58 Å². The molecule has 176 valence electrons. The lowest BCUT2D eigenvalue weighted by Crippen LogP contribution is -2.74. The van der Waals surface area contributed by atoms with Gasteiger partial charge in [0.2, 0.25) is 0 Å². The first-order valence-electron chi connectivity index (χ1n) is 12.4. The molecule has 0 spiro atoms. The third-order valence-electron chi connectivity index (χ3n) is 6.06. The van der Waals surface area contributed by atoms with Gasteiger partial charge in [0.05, 0.1) is 10.3 Å². The van der Waals surface area contributed by atoms with E-state index >= 15 is 0 Å². The Hall–Kier alpha value is -2.63. The van der Waals surface area contributed by atoms with Crippen LogP contribution in [0.2, 0.25) is 0 Å². The molecule has 0 amide bonds. The lowest BCUT2D eigenvalue weighted by Gasteiger charge is -2.44. The molecule has 4 aromatic rings. The first kappa shape index (κ1) is 26.0. The van der Waals surface area contributed by atoms with Crippen LogP contribution in [0.1, 0.15) is 41.5 Å². The molecule has 0 fully saturated rings. The SMILES string of the molecule is CC(C)(C)[PH2+]C(C)(C)C.c1ccc([B-](c2ccccc2)(c2ccccc2)c2ccccc2)cc1. The molecule has 0 aromatic heterocycles. The lowest BCUT2D eigenvalue weighted by molar-refractivity contribution is 0.725. The van der Waals surface area contributed by atoms with E-state index in [4.69, 9.17) is 0 Å². The monoisotopic (exact) mass is 466 g/mol. The Morgan fingerprint density at radius 2 is 0.588 bits per heavy atom. The highest BCUT2D eigenvalue weighted by Crippen LogP contribution is 2.41. The molecular formula is C32H40BP. The van der Waals surface area contributed by atoms with Gasteiger partial charge in [0.15, 0.2) is 0 Å². The Kier molecular flexibility index (Phi) is 8.56. The van der Waals surface area contributed by atoms with Gasteiger partial charge in [-0.05, 0) is 50.1 Å². The van der Waals surface area contributed by atoms with Crippen LogP contribution < -0.4 is 21.9 Å². The second-order valence-electron chi connectivity index (χ2n) is 11.4. The van der Waals surface area contributed by atoms with Crippen molar-refractivity contribution in [2.75, 3.05) is 0 Å². The van der Waals surface area contributed by atoms with Gasteiger partial charge in [-0.3, -0.25) is 0 Å². The molecule has 0 N–H and O–H groups in total. The summed E-state index contributed by atoms with van der Waals surface area (Å²) in [5, 5.41) is 1.14. The first-order valence-corrected chi connectivity index (χ1v) is 13.5. The third kappa shape index (κ3) is 6.71. The van der Waals surface area contributed by atoms with Crippen molar-refractivity contribution in [2.24, 2.45) is 0 Å². The summed E-state index contributed by atoms with van der Waals surface area (Å²) < 4.78 is 0. The zero-order chi connectivity index (χ0) is 24.7. The normalized spacial score (nSPS) is 11.9. The van der Waals surface area contributed by atoms with Gasteiger partial charge >= 0.3 is 0 Å². The minimum absolute atomic E-state index is 0.568. The van der Waals surface area contributed by atoms with Gasteiger partial charge in [-0.1, -0.05) is 121 Å². The van der Waals surface area contributed by atoms with Crippen molar-refractivity contribution < 1.29 is 0 Å². The summed E-state index contributed by atoms with van der Waals surface area (Å²) in [7, 11) is 0.569. The molecule has 0 aliphatic carbocycles. The van der Waals surface area contributed by atoms with E-state index in [1.807, 2.05) is 0 Å². The molecule has 4 rings (SSSR count). The number of rotatable bonds is 4. The van der Waals surface area contributed by atoms with Crippen molar-refractivity contribution in [1.29, 1.82) is 0 Å². The van der Waals surface area contributed by atoms with Crippen molar-refractivity contribution in [3.8, 4) is 0 Å². The van der Waals surface area contributed by atoms with Crippen LogP contribution in [-0.4, -0.2) is 16.5 Å². The highest BCUT2D eigenvalue weighted by Gasteiger charge is 2.31. The second-order valence-corrected chi connectivity index (χ2v) is 15.1. The summed E-state index contributed by atoms with van der Waals surface area (Å²) >= 11 is 0. The molecule has 0 atom stereocenters. The van der Waals surface area contributed by atoms with Crippen molar-refractivity contribution in [1.82, 2.24) is 0 Å². The van der Waals surface area contributed by atoms with Crippen LogP contribution in [0.3, 0.4) is 0 Å². The molecule has 34 heavy (non-hydrogen) atoms. The smallest absolute Gasteiger partial charge is 0.108 e. The van der Waals surface area contributed by atoms with Crippen molar-refractivity contribution >= 4 is 36.6 Å². The summed E-state index contributed by atoms with van der Waals surface area (Å²) in [4.78, 5) is 0. The Balaban J connectivity index is 0.000000309. The zero-order valence-electron chi connectivity index (χ0n) is 21.7. The predicted molar refractivity (Wildman–Crippen MR) is 159 cm³/mol. The summed E-state index contributed by atoms with van der Waals surface area (Å²) in [5.74, 6) is 0. The first-order chi connectivity index (χ1) is 16.1. The fraction of sp³-hybridized carbons (Fsp3) is 0.250. The largest absolute Gasteiger partial charge is 0.195 e. The van der Waals surface area contributed by atoms with Crippen LogP contribution in [0.15, 0.2) is 121 Å². The van der Waals surface area contributed by atoms with Crippen LogP contribution in [0.5, 0.6) is 0 Å². The molecule has 0 unspecified atom stereocenters. The predicted octanol–water partition coefficient (Wildman–Crippen LogP) is 6.06. The van der Waals surface area contributed by atoms with Gasteiger partial charge in [0.1, 0.15) is 6.15 Å². The number of hydrogen-bond acceptors (Lipinski definition) is 0. The Morgan fingerprint density at radius 3 is 0.735 bits per heavy atom. The van der Waals surface area contributed by atoms with Crippen molar-refractivity contribution in [3.63, 3.8) is 0 Å². The molecule has 0 saturated heterocycles. The molecule has 0 saturated carbocycles. The van der Waals surface area contributed by atoms with Crippen molar-refractivity contribution in [3.05, 3.63) is 121 Å². The van der Waals surface area contributed by atoms with E-state index in [2.05, 4.69) is 163 Å². The summed E-state index contributed by atoms with van der Waals surface area (Å²) in [6.07, 6.45) is -1.22. The Bertz CT molecular complexity index is 934. The molecule has 0 bridgehead atoms.